The monoisotopic (exact) mass is 277 g/mol. The van der Waals surface area contributed by atoms with E-state index < -0.39 is 28.0 Å². The topological polar surface area (TPSA) is 89.7 Å². The Kier molecular flexibility index (Phi) is 3.60. The molecule has 7 heteroatoms. The SMILES string of the molecule is O=C(O)c1cc(Oc2ccccc2F)ccc1[N+](=O)[O-]. The predicted octanol–water partition coefficient (Wildman–Crippen LogP) is 3.22. The van der Waals surface area contributed by atoms with Crippen molar-refractivity contribution in [3.8, 4) is 11.5 Å². The summed E-state index contributed by atoms with van der Waals surface area (Å²) in [6.07, 6.45) is 0. The third kappa shape index (κ3) is 2.72. The Bertz CT molecular complexity index is 686. The number of benzene rings is 2. The van der Waals surface area contributed by atoms with Crippen molar-refractivity contribution in [1.82, 2.24) is 0 Å². The molecule has 0 bridgehead atoms. The number of carboxylic acids is 1. The largest absolute Gasteiger partial charge is 0.477 e. The van der Waals surface area contributed by atoms with Crippen LogP contribution in [0.3, 0.4) is 0 Å². The molecular weight excluding hydrogens is 269 g/mol. The first-order chi connectivity index (χ1) is 9.49. The average Bonchev–Trinajstić information content (AvgIpc) is 2.41. The van der Waals surface area contributed by atoms with Crippen LogP contribution >= 0.6 is 0 Å². The van der Waals surface area contributed by atoms with Crippen LogP contribution in [0.2, 0.25) is 0 Å². The van der Waals surface area contributed by atoms with Crippen molar-refractivity contribution >= 4 is 11.7 Å². The van der Waals surface area contributed by atoms with Crippen molar-refractivity contribution in [2.24, 2.45) is 0 Å². The van der Waals surface area contributed by atoms with Crippen molar-refractivity contribution in [3.63, 3.8) is 0 Å². The summed E-state index contributed by atoms with van der Waals surface area (Å²) in [6.45, 7) is 0. The molecule has 2 aromatic carbocycles. The molecule has 0 spiro atoms. The summed E-state index contributed by atoms with van der Waals surface area (Å²) in [5.74, 6) is -2.19. The molecule has 0 aliphatic rings. The number of hydrogen-bond acceptors (Lipinski definition) is 4. The summed E-state index contributed by atoms with van der Waals surface area (Å²) < 4.78 is 18.6. The molecule has 0 radical (unpaired) electrons. The van der Waals surface area contributed by atoms with Crippen molar-refractivity contribution in [2.75, 3.05) is 0 Å². The van der Waals surface area contributed by atoms with Crippen LogP contribution in [0.1, 0.15) is 10.4 Å². The van der Waals surface area contributed by atoms with Gasteiger partial charge in [-0.1, -0.05) is 12.1 Å². The second kappa shape index (κ2) is 5.35. The Balaban J connectivity index is 2.40. The van der Waals surface area contributed by atoms with Gasteiger partial charge >= 0.3 is 5.97 Å². The van der Waals surface area contributed by atoms with E-state index in [2.05, 4.69) is 0 Å². The van der Waals surface area contributed by atoms with Crippen molar-refractivity contribution in [3.05, 3.63) is 64.0 Å². The first-order valence-electron chi connectivity index (χ1n) is 5.43. The number of carbonyl (C=O) groups is 1. The van der Waals surface area contributed by atoms with Crippen LogP contribution in [0.15, 0.2) is 42.5 Å². The molecule has 0 aromatic heterocycles. The van der Waals surface area contributed by atoms with E-state index in [9.17, 15) is 19.3 Å². The number of para-hydroxylation sites is 1. The Hall–Kier alpha value is -2.96. The second-order valence-corrected chi connectivity index (χ2v) is 3.77. The van der Waals surface area contributed by atoms with E-state index in [-0.39, 0.29) is 11.5 Å². The summed E-state index contributed by atoms with van der Waals surface area (Å²) >= 11 is 0. The van der Waals surface area contributed by atoms with Crippen molar-refractivity contribution < 1.29 is 24.0 Å². The first-order valence-corrected chi connectivity index (χ1v) is 5.43. The Morgan fingerprint density at radius 1 is 1.25 bits per heavy atom. The van der Waals surface area contributed by atoms with E-state index >= 15 is 0 Å². The Labute approximate surface area is 112 Å². The maximum absolute atomic E-state index is 13.4. The van der Waals surface area contributed by atoms with E-state index in [1.807, 2.05) is 0 Å². The molecule has 0 aliphatic carbocycles. The van der Waals surface area contributed by atoms with Gasteiger partial charge in [0, 0.05) is 12.1 Å². The minimum Gasteiger partial charge on any atom is -0.477 e. The number of nitro groups is 1. The third-order valence-electron chi connectivity index (χ3n) is 2.46. The Morgan fingerprint density at radius 2 is 1.95 bits per heavy atom. The molecule has 102 valence electrons. The van der Waals surface area contributed by atoms with Crippen LogP contribution in [0.4, 0.5) is 10.1 Å². The molecule has 0 fully saturated rings. The first kappa shape index (κ1) is 13.5. The third-order valence-corrected chi connectivity index (χ3v) is 2.46. The molecule has 0 heterocycles. The van der Waals surface area contributed by atoms with Crippen LogP contribution in [0.25, 0.3) is 0 Å². The molecule has 0 saturated heterocycles. The standard InChI is InChI=1S/C13H8FNO5/c14-10-3-1-2-4-12(10)20-8-5-6-11(15(18)19)9(7-8)13(16)17/h1-7H,(H,16,17). The van der Waals surface area contributed by atoms with Crippen LogP contribution < -0.4 is 4.74 Å². The van der Waals surface area contributed by atoms with Gasteiger partial charge in [0.1, 0.15) is 11.3 Å². The maximum Gasteiger partial charge on any atom is 0.342 e. The highest BCUT2D eigenvalue weighted by molar-refractivity contribution is 5.92. The molecule has 20 heavy (non-hydrogen) atoms. The van der Waals surface area contributed by atoms with Gasteiger partial charge in [0.05, 0.1) is 4.92 Å². The van der Waals surface area contributed by atoms with E-state index in [0.29, 0.717) is 0 Å². The van der Waals surface area contributed by atoms with Crippen LogP contribution in [0.5, 0.6) is 11.5 Å². The van der Waals surface area contributed by atoms with Gasteiger partial charge in [0.2, 0.25) is 0 Å². The summed E-state index contributed by atoms with van der Waals surface area (Å²) in [6, 6.07) is 8.74. The molecule has 0 saturated carbocycles. The zero-order valence-corrected chi connectivity index (χ0v) is 9.95. The minimum absolute atomic E-state index is 0.00176. The van der Waals surface area contributed by atoms with E-state index in [1.165, 1.54) is 24.3 Å². The average molecular weight is 277 g/mol. The Morgan fingerprint density at radius 3 is 2.55 bits per heavy atom. The molecule has 0 atom stereocenters. The number of ether oxygens (including phenoxy) is 1. The quantitative estimate of drug-likeness (QED) is 0.684. The van der Waals surface area contributed by atoms with Crippen molar-refractivity contribution in [1.29, 1.82) is 0 Å². The molecule has 2 rings (SSSR count). The number of hydrogen-bond donors (Lipinski definition) is 1. The summed E-state index contributed by atoms with van der Waals surface area (Å²) in [7, 11) is 0. The normalized spacial score (nSPS) is 10.1. The lowest BCUT2D eigenvalue weighted by molar-refractivity contribution is -0.385. The number of halogens is 1. The zero-order chi connectivity index (χ0) is 14.7. The minimum atomic E-state index is -1.46. The van der Waals surface area contributed by atoms with Gasteiger partial charge in [-0.3, -0.25) is 10.1 Å². The van der Waals surface area contributed by atoms with Crippen LogP contribution in [-0.2, 0) is 0 Å². The fraction of sp³-hybridized carbons (Fsp3) is 0. The van der Waals surface area contributed by atoms with Gasteiger partial charge in [0.15, 0.2) is 11.6 Å². The van der Waals surface area contributed by atoms with Gasteiger partial charge in [-0.25, -0.2) is 9.18 Å². The summed E-state index contributed by atoms with van der Waals surface area (Å²) in [5, 5.41) is 19.6. The van der Waals surface area contributed by atoms with E-state index in [0.717, 1.165) is 12.1 Å². The molecule has 6 nitrogen and oxygen atoms in total. The zero-order valence-electron chi connectivity index (χ0n) is 9.95. The molecule has 0 aliphatic heterocycles. The number of aromatic carboxylic acids is 1. The maximum atomic E-state index is 13.4. The highest BCUT2D eigenvalue weighted by Gasteiger charge is 2.20. The van der Waals surface area contributed by atoms with Gasteiger partial charge in [0.25, 0.3) is 5.69 Å². The number of rotatable bonds is 4. The molecule has 1 N–H and O–H groups in total. The van der Waals surface area contributed by atoms with Crippen LogP contribution in [0, 0.1) is 15.9 Å². The number of carboxylic acid groups (broad SMARTS) is 1. The molecule has 0 amide bonds. The number of nitro benzene ring substituents is 1. The predicted molar refractivity (Wildman–Crippen MR) is 66.5 cm³/mol. The van der Waals surface area contributed by atoms with Crippen LogP contribution in [-0.4, -0.2) is 16.0 Å². The molecular formula is C13H8FNO5. The molecule has 2 aromatic rings. The number of nitrogens with zero attached hydrogens (tertiary/aromatic N) is 1. The lowest BCUT2D eigenvalue weighted by Crippen LogP contribution is -2.03. The fourth-order valence-corrected chi connectivity index (χ4v) is 1.56. The van der Waals surface area contributed by atoms with Gasteiger partial charge < -0.3 is 9.84 Å². The smallest absolute Gasteiger partial charge is 0.342 e. The lowest BCUT2D eigenvalue weighted by Gasteiger charge is -2.07. The highest BCUT2D eigenvalue weighted by atomic mass is 19.1. The summed E-state index contributed by atoms with van der Waals surface area (Å²) in [4.78, 5) is 20.8. The van der Waals surface area contributed by atoms with E-state index in [1.54, 1.807) is 6.07 Å². The van der Waals surface area contributed by atoms with Gasteiger partial charge in [-0.15, -0.1) is 0 Å². The van der Waals surface area contributed by atoms with Gasteiger partial charge in [-0.05, 0) is 18.2 Å². The molecule has 0 unspecified atom stereocenters. The second-order valence-electron chi connectivity index (χ2n) is 3.77. The van der Waals surface area contributed by atoms with Crippen molar-refractivity contribution in [2.45, 2.75) is 0 Å². The summed E-state index contributed by atoms with van der Waals surface area (Å²) in [5.41, 5.74) is -1.08. The lowest BCUT2D eigenvalue weighted by atomic mass is 10.1. The van der Waals surface area contributed by atoms with E-state index in [4.69, 9.17) is 9.84 Å². The van der Waals surface area contributed by atoms with Gasteiger partial charge in [-0.2, -0.15) is 0 Å². The highest BCUT2D eigenvalue weighted by Crippen LogP contribution is 2.28. The fourth-order valence-electron chi connectivity index (χ4n) is 1.56.